The average Bonchev–Trinajstić information content (AvgIpc) is 2.91. The Labute approximate surface area is 127 Å². The quantitative estimate of drug-likeness (QED) is 0.592. The lowest BCUT2D eigenvalue weighted by Gasteiger charge is -2.03. The van der Waals surface area contributed by atoms with Gasteiger partial charge in [0.05, 0.1) is 11.1 Å². The summed E-state index contributed by atoms with van der Waals surface area (Å²) in [5.41, 5.74) is 2.11. The van der Waals surface area contributed by atoms with Crippen LogP contribution in [0.5, 0.6) is 0 Å². The van der Waals surface area contributed by atoms with Gasteiger partial charge in [0, 0.05) is 17.1 Å². The zero-order chi connectivity index (χ0) is 15.6. The van der Waals surface area contributed by atoms with Crippen molar-refractivity contribution in [2.45, 2.75) is 11.8 Å². The molecule has 7 heteroatoms. The fourth-order valence-electron chi connectivity index (χ4n) is 1.92. The lowest BCUT2D eigenvalue weighted by atomic mass is 10.2. The van der Waals surface area contributed by atoms with Crippen LogP contribution in [-0.2, 0) is 10.0 Å². The Hall–Kier alpha value is -2.67. The van der Waals surface area contributed by atoms with Crippen molar-refractivity contribution in [3.63, 3.8) is 0 Å². The smallest absolute Gasteiger partial charge is 0.276 e. The van der Waals surface area contributed by atoms with E-state index in [9.17, 15) is 8.42 Å². The number of hydrazone groups is 1. The van der Waals surface area contributed by atoms with Gasteiger partial charge in [0.25, 0.3) is 10.0 Å². The molecule has 1 aromatic carbocycles. The molecule has 6 nitrogen and oxygen atoms in total. The second-order valence-corrected chi connectivity index (χ2v) is 6.37. The Balaban J connectivity index is 1.80. The molecule has 22 heavy (non-hydrogen) atoms. The fourth-order valence-corrected chi connectivity index (χ4v) is 2.71. The monoisotopic (exact) mass is 315 g/mol. The standard InChI is InChI=1S/C15H13N3O3S/c1-11-4-6-13(7-5-11)22(19,20)18-17-9-12-10-21-15-14(12)3-2-8-16-15/h2-10,18H,1H3/b17-9+. The zero-order valence-corrected chi connectivity index (χ0v) is 12.5. The van der Waals surface area contributed by atoms with E-state index in [-0.39, 0.29) is 4.90 Å². The second-order valence-electron chi connectivity index (χ2n) is 4.71. The minimum atomic E-state index is -3.68. The van der Waals surface area contributed by atoms with Crippen molar-refractivity contribution in [2.75, 3.05) is 0 Å². The number of aromatic nitrogens is 1. The highest BCUT2D eigenvalue weighted by Crippen LogP contribution is 2.16. The Morgan fingerprint density at radius 1 is 1.23 bits per heavy atom. The molecule has 112 valence electrons. The molecule has 0 spiro atoms. The molecule has 0 saturated heterocycles. The third-order valence-corrected chi connectivity index (χ3v) is 4.33. The van der Waals surface area contributed by atoms with E-state index in [1.165, 1.54) is 24.6 Å². The number of nitrogens with zero attached hydrogens (tertiary/aromatic N) is 2. The summed E-state index contributed by atoms with van der Waals surface area (Å²) in [6.07, 6.45) is 4.48. The zero-order valence-electron chi connectivity index (χ0n) is 11.7. The van der Waals surface area contributed by atoms with Gasteiger partial charge in [-0.05, 0) is 31.2 Å². The predicted molar refractivity (Wildman–Crippen MR) is 83.1 cm³/mol. The van der Waals surface area contributed by atoms with Crippen molar-refractivity contribution in [2.24, 2.45) is 5.10 Å². The van der Waals surface area contributed by atoms with Crippen molar-refractivity contribution in [1.29, 1.82) is 0 Å². The van der Waals surface area contributed by atoms with Gasteiger partial charge in [-0.25, -0.2) is 9.82 Å². The summed E-state index contributed by atoms with van der Waals surface area (Å²) >= 11 is 0. The number of rotatable bonds is 4. The van der Waals surface area contributed by atoms with Gasteiger partial charge in [0.1, 0.15) is 6.26 Å². The largest absolute Gasteiger partial charge is 0.445 e. The van der Waals surface area contributed by atoms with E-state index >= 15 is 0 Å². The molecule has 0 radical (unpaired) electrons. The predicted octanol–water partition coefficient (Wildman–Crippen LogP) is 2.45. The summed E-state index contributed by atoms with van der Waals surface area (Å²) in [6.45, 7) is 1.89. The van der Waals surface area contributed by atoms with E-state index in [0.717, 1.165) is 10.9 Å². The van der Waals surface area contributed by atoms with Crippen LogP contribution < -0.4 is 4.83 Å². The Morgan fingerprint density at radius 2 is 2.00 bits per heavy atom. The summed E-state index contributed by atoms with van der Waals surface area (Å²) in [5.74, 6) is 0. The van der Waals surface area contributed by atoms with Crippen LogP contribution in [0, 0.1) is 6.92 Å². The molecule has 3 rings (SSSR count). The summed E-state index contributed by atoms with van der Waals surface area (Å²) in [7, 11) is -3.68. The molecule has 0 aliphatic rings. The highest BCUT2D eigenvalue weighted by Gasteiger charge is 2.12. The molecule has 0 aliphatic heterocycles. The lowest BCUT2D eigenvalue weighted by Crippen LogP contribution is -2.18. The van der Waals surface area contributed by atoms with Crippen molar-refractivity contribution in [3.05, 3.63) is 60.0 Å². The summed E-state index contributed by atoms with van der Waals surface area (Å²) < 4.78 is 29.4. The highest BCUT2D eigenvalue weighted by atomic mass is 32.2. The number of furan rings is 1. The molecule has 2 heterocycles. The maximum absolute atomic E-state index is 12.1. The van der Waals surface area contributed by atoms with Crippen LogP contribution in [0.25, 0.3) is 11.1 Å². The number of pyridine rings is 1. The van der Waals surface area contributed by atoms with E-state index in [1.807, 2.05) is 13.0 Å². The van der Waals surface area contributed by atoms with E-state index in [0.29, 0.717) is 11.3 Å². The third kappa shape index (κ3) is 2.84. The number of benzene rings is 1. The maximum atomic E-state index is 12.1. The molecule has 0 aliphatic carbocycles. The number of nitrogens with one attached hydrogen (secondary N) is 1. The first-order chi connectivity index (χ1) is 10.6. The normalized spacial score (nSPS) is 12.0. The van der Waals surface area contributed by atoms with Crippen LogP contribution in [-0.4, -0.2) is 19.6 Å². The van der Waals surface area contributed by atoms with Gasteiger partial charge in [-0.2, -0.15) is 13.5 Å². The van der Waals surface area contributed by atoms with Gasteiger partial charge < -0.3 is 4.42 Å². The van der Waals surface area contributed by atoms with Crippen molar-refractivity contribution < 1.29 is 12.8 Å². The van der Waals surface area contributed by atoms with Crippen LogP contribution in [0.1, 0.15) is 11.1 Å². The average molecular weight is 315 g/mol. The van der Waals surface area contributed by atoms with E-state index in [4.69, 9.17) is 4.42 Å². The first-order valence-electron chi connectivity index (χ1n) is 6.50. The molecule has 0 unspecified atom stereocenters. The number of sulfonamides is 1. The number of hydrogen-bond acceptors (Lipinski definition) is 5. The van der Waals surface area contributed by atoms with Gasteiger partial charge in [0.2, 0.25) is 5.71 Å². The Bertz CT molecular complexity index is 928. The number of aryl methyl sites for hydroxylation is 1. The summed E-state index contributed by atoms with van der Waals surface area (Å²) in [6, 6.07) is 10.1. The fraction of sp³-hybridized carbons (Fsp3) is 0.0667. The maximum Gasteiger partial charge on any atom is 0.276 e. The molecule has 1 N–H and O–H groups in total. The lowest BCUT2D eigenvalue weighted by molar-refractivity contribution is 0.584. The van der Waals surface area contributed by atoms with Crippen LogP contribution in [0.15, 0.2) is 63.3 Å². The van der Waals surface area contributed by atoms with Crippen molar-refractivity contribution in [1.82, 2.24) is 9.82 Å². The van der Waals surface area contributed by atoms with E-state index in [1.54, 1.807) is 24.4 Å². The minimum Gasteiger partial charge on any atom is -0.445 e. The number of hydrogen-bond donors (Lipinski definition) is 1. The second kappa shape index (κ2) is 5.61. The molecule has 0 saturated carbocycles. The van der Waals surface area contributed by atoms with Gasteiger partial charge in [-0.15, -0.1) is 0 Å². The first kappa shape index (κ1) is 14.3. The molecule has 0 atom stereocenters. The highest BCUT2D eigenvalue weighted by molar-refractivity contribution is 7.89. The molecular weight excluding hydrogens is 302 g/mol. The third-order valence-electron chi connectivity index (χ3n) is 3.09. The molecule has 0 fully saturated rings. The molecule has 2 aromatic heterocycles. The SMILES string of the molecule is Cc1ccc(S(=O)(=O)N/N=C/c2coc3ncccc23)cc1. The van der Waals surface area contributed by atoms with E-state index < -0.39 is 10.0 Å². The molecule has 0 bridgehead atoms. The Kier molecular flexibility index (Phi) is 3.64. The van der Waals surface area contributed by atoms with Crippen molar-refractivity contribution in [3.8, 4) is 0 Å². The minimum absolute atomic E-state index is 0.161. The van der Waals surface area contributed by atoms with Crippen molar-refractivity contribution >= 4 is 27.3 Å². The van der Waals surface area contributed by atoms with Crippen LogP contribution in [0.2, 0.25) is 0 Å². The summed E-state index contributed by atoms with van der Waals surface area (Å²) in [5, 5.41) is 4.55. The van der Waals surface area contributed by atoms with Gasteiger partial charge in [-0.1, -0.05) is 17.7 Å². The van der Waals surface area contributed by atoms with Gasteiger partial charge >= 0.3 is 0 Å². The topological polar surface area (TPSA) is 84.6 Å². The first-order valence-corrected chi connectivity index (χ1v) is 7.98. The number of fused-ring (bicyclic) bond motifs is 1. The summed E-state index contributed by atoms with van der Waals surface area (Å²) in [4.78, 5) is 6.39. The van der Waals surface area contributed by atoms with Gasteiger partial charge in [-0.3, -0.25) is 0 Å². The van der Waals surface area contributed by atoms with Crippen LogP contribution in [0.3, 0.4) is 0 Å². The molecular formula is C15H13N3O3S. The molecule has 3 aromatic rings. The molecule has 0 amide bonds. The Morgan fingerprint density at radius 3 is 2.77 bits per heavy atom. The van der Waals surface area contributed by atoms with Crippen LogP contribution >= 0.6 is 0 Å². The van der Waals surface area contributed by atoms with Crippen LogP contribution in [0.4, 0.5) is 0 Å². The van der Waals surface area contributed by atoms with E-state index in [2.05, 4.69) is 14.9 Å². The van der Waals surface area contributed by atoms with Gasteiger partial charge in [0.15, 0.2) is 0 Å².